The number of rotatable bonds is 12. The molecule has 8 heteroatoms. The fraction of sp³-hybridized carbons (Fsp3) is 0.321. The summed E-state index contributed by atoms with van der Waals surface area (Å²) in [6.45, 7) is 6.99. The lowest BCUT2D eigenvalue weighted by Crippen LogP contribution is -2.23. The number of halogens is 1. The van der Waals surface area contributed by atoms with Crippen LogP contribution in [0.3, 0.4) is 0 Å². The van der Waals surface area contributed by atoms with Crippen molar-refractivity contribution in [2.75, 3.05) is 25.1 Å². The van der Waals surface area contributed by atoms with E-state index >= 15 is 0 Å². The summed E-state index contributed by atoms with van der Waals surface area (Å²) in [4.78, 5) is 20.4. The Hall–Kier alpha value is -3.26. The fourth-order valence-corrected chi connectivity index (χ4v) is 4.26. The molecule has 0 bridgehead atoms. The average molecular weight is 507 g/mol. The summed E-state index contributed by atoms with van der Waals surface area (Å²) in [7, 11) is 0. The zero-order valence-corrected chi connectivity index (χ0v) is 21.3. The second-order valence-corrected chi connectivity index (χ2v) is 9.41. The number of pyridine rings is 2. The summed E-state index contributed by atoms with van der Waals surface area (Å²) < 4.78 is 5.89. The zero-order valence-electron chi connectivity index (χ0n) is 20.6. The van der Waals surface area contributed by atoms with Crippen molar-refractivity contribution in [2.45, 2.75) is 39.3 Å². The number of fused-ring (bicyclic) bond motifs is 3. The van der Waals surface area contributed by atoms with Gasteiger partial charge in [-0.2, -0.15) is 0 Å². The van der Waals surface area contributed by atoms with E-state index in [1.807, 2.05) is 32.0 Å². The number of hydrogen-bond acceptors (Lipinski definition) is 6. The molecule has 2 aromatic heterocycles. The van der Waals surface area contributed by atoms with Crippen molar-refractivity contribution in [3.05, 3.63) is 76.6 Å². The Bertz CT molecular complexity index is 1360. The summed E-state index contributed by atoms with van der Waals surface area (Å²) >= 11 is 6.18. The Morgan fingerprint density at radius 1 is 1.11 bits per heavy atom. The van der Waals surface area contributed by atoms with Crippen LogP contribution < -0.4 is 10.6 Å². The van der Waals surface area contributed by atoms with Gasteiger partial charge >= 0.3 is 5.97 Å². The van der Waals surface area contributed by atoms with Crippen LogP contribution in [0.25, 0.3) is 21.7 Å². The summed E-state index contributed by atoms with van der Waals surface area (Å²) in [6, 6.07) is 13.1. The van der Waals surface area contributed by atoms with Crippen molar-refractivity contribution in [1.29, 1.82) is 0 Å². The lowest BCUT2D eigenvalue weighted by Gasteiger charge is -2.17. The summed E-state index contributed by atoms with van der Waals surface area (Å²) in [5, 5.41) is 19.8. The highest BCUT2D eigenvalue weighted by atomic mass is 35.5. The van der Waals surface area contributed by atoms with Gasteiger partial charge in [0.05, 0.1) is 17.7 Å². The number of aromatic nitrogens is 2. The Kier molecular flexibility index (Phi) is 8.70. The molecule has 0 fully saturated rings. The number of nitrogens with zero attached hydrogens (tertiary/aromatic N) is 2. The second-order valence-electron chi connectivity index (χ2n) is 9.01. The SMILES string of the molecule is Cc1ccc(CNCCCCOC[C@@H](C)Nc2nc3cc(C(=O)O)ccc3c3cnccc23)cc1Cl. The number of carboxylic acids is 1. The minimum atomic E-state index is -0.976. The van der Waals surface area contributed by atoms with E-state index in [0.29, 0.717) is 24.5 Å². The topological polar surface area (TPSA) is 96.4 Å². The Morgan fingerprint density at radius 2 is 1.97 bits per heavy atom. The summed E-state index contributed by atoms with van der Waals surface area (Å²) in [5.41, 5.74) is 3.10. The van der Waals surface area contributed by atoms with Crippen molar-refractivity contribution in [1.82, 2.24) is 15.3 Å². The van der Waals surface area contributed by atoms with Gasteiger partial charge in [0.15, 0.2) is 0 Å². The van der Waals surface area contributed by atoms with E-state index in [2.05, 4.69) is 21.7 Å². The number of carboxylic acid groups (broad SMARTS) is 1. The number of hydrogen-bond donors (Lipinski definition) is 3. The van der Waals surface area contributed by atoms with Crippen molar-refractivity contribution >= 4 is 45.1 Å². The van der Waals surface area contributed by atoms with Crippen LogP contribution in [0.5, 0.6) is 0 Å². The molecule has 4 rings (SSSR count). The van der Waals surface area contributed by atoms with Gasteiger partial charge in [-0.3, -0.25) is 4.98 Å². The number of nitrogens with one attached hydrogen (secondary N) is 2. The number of carbonyl (C=O) groups is 1. The molecule has 2 heterocycles. The van der Waals surface area contributed by atoms with Gasteiger partial charge < -0.3 is 20.5 Å². The summed E-state index contributed by atoms with van der Waals surface area (Å²) in [6.07, 6.45) is 5.51. The first-order valence-corrected chi connectivity index (χ1v) is 12.5. The number of aromatic carboxylic acids is 1. The van der Waals surface area contributed by atoms with Gasteiger partial charge in [0.1, 0.15) is 5.82 Å². The number of benzene rings is 2. The number of unbranched alkanes of at least 4 members (excludes halogenated alkanes) is 1. The Morgan fingerprint density at radius 3 is 2.78 bits per heavy atom. The van der Waals surface area contributed by atoms with E-state index < -0.39 is 5.97 Å². The van der Waals surface area contributed by atoms with Crippen LogP contribution >= 0.6 is 11.6 Å². The van der Waals surface area contributed by atoms with Gasteiger partial charge in [-0.15, -0.1) is 0 Å². The van der Waals surface area contributed by atoms with Crippen LogP contribution in [0.15, 0.2) is 54.9 Å². The average Bonchev–Trinajstić information content (AvgIpc) is 2.87. The van der Waals surface area contributed by atoms with Crippen molar-refractivity contribution < 1.29 is 14.6 Å². The van der Waals surface area contributed by atoms with Crippen molar-refractivity contribution in [2.24, 2.45) is 0 Å². The Labute approximate surface area is 215 Å². The third-order valence-electron chi connectivity index (χ3n) is 6.05. The quantitative estimate of drug-likeness (QED) is 0.164. The maximum atomic E-state index is 11.4. The first-order valence-electron chi connectivity index (χ1n) is 12.1. The third kappa shape index (κ3) is 6.49. The minimum absolute atomic E-state index is 0.0263. The predicted molar refractivity (Wildman–Crippen MR) is 145 cm³/mol. The van der Waals surface area contributed by atoms with E-state index in [0.717, 1.165) is 52.7 Å². The fourth-order valence-electron chi connectivity index (χ4n) is 4.06. The highest BCUT2D eigenvalue weighted by Crippen LogP contribution is 2.29. The van der Waals surface area contributed by atoms with Crippen molar-refractivity contribution in [3.8, 4) is 0 Å². The molecule has 0 aliphatic rings. The Balaban J connectivity index is 1.25. The molecule has 0 spiro atoms. The first kappa shape index (κ1) is 25.8. The molecule has 188 valence electrons. The standard InChI is InChI=1S/C28H31ClN4O3/c1-18-5-6-20(13-25(18)29)15-30-10-3-4-12-36-17-19(2)32-27-23-9-11-31-16-24(23)22-8-7-21(28(34)35)14-26(22)33-27/h5-9,11,13-14,16,19,30H,3-4,10,12,15,17H2,1-2H3,(H,32,33)(H,34,35)/t19-/m1/s1. The van der Waals surface area contributed by atoms with Gasteiger partial charge in [-0.1, -0.05) is 29.8 Å². The normalized spacial score (nSPS) is 12.2. The van der Waals surface area contributed by atoms with Gasteiger partial charge in [-0.25, -0.2) is 9.78 Å². The third-order valence-corrected chi connectivity index (χ3v) is 6.46. The smallest absolute Gasteiger partial charge is 0.335 e. The summed E-state index contributed by atoms with van der Waals surface area (Å²) in [5.74, 6) is -0.282. The molecule has 2 aromatic carbocycles. The molecule has 0 radical (unpaired) electrons. The van der Waals surface area contributed by atoms with Crippen LogP contribution in [0.1, 0.15) is 41.3 Å². The molecule has 7 nitrogen and oxygen atoms in total. The molecule has 36 heavy (non-hydrogen) atoms. The molecular weight excluding hydrogens is 476 g/mol. The largest absolute Gasteiger partial charge is 0.478 e. The van der Waals surface area contributed by atoms with Crippen LogP contribution in [-0.4, -0.2) is 46.8 Å². The lowest BCUT2D eigenvalue weighted by molar-refractivity contribution is 0.0697. The molecule has 3 N–H and O–H groups in total. The molecule has 0 saturated heterocycles. The van der Waals surface area contributed by atoms with E-state index in [1.54, 1.807) is 30.6 Å². The van der Waals surface area contributed by atoms with E-state index in [4.69, 9.17) is 21.3 Å². The van der Waals surface area contributed by atoms with E-state index in [-0.39, 0.29) is 11.6 Å². The van der Waals surface area contributed by atoms with Gasteiger partial charge in [0, 0.05) is 52.8 Å². The second kappa shape index (κ2) is 12.1. The van der Waals surface area contributed by atoms with Crippen LogP contribution in [0.4, 0.5) is 5.82 Å². The van der Waals surface area contributed by atoms with Crippen LogP contribution in [-0.2, 0) is 11.3 Å². The zero-order chi connectivity index (χ0) is 25.5. The first-order chi connectivity index (χ1) is 17.4. The van der Waals surface area contributed by atoms with Crippen LogP contribution in [0.2, 0.25) is 5.02 Å². The molecule has 1 atom stereocenters. The van der Waals surface area contributed by atoms with E-state index in [9.17, 15) is 9.90 Å². The van der Waals surface area contributed by atoms with Crippen LogP contribution in [0, 0.1) is 6.92 Å². The predicted octanol–water partition coefficient (Wildman–Crippen LogP) is 5.83. The van der Waals surface area contributed by atoms with Gasteiger partial charge in [-0.05, 0) is 68.6 Å². The number of aryl methyl sites for hydroxylation is 1. The monoisotopic (exact) mass is 506 g/mol. The molecule has 4 aromatic rings. The molecule has 0 aliphatic heterocycles. The van der Waals surface area contributed by atoms with Gasteiger partial charge in [0.2, 0.25) is 0 Å². The van der Waals surface area contributed by atoms with Gasteiger partial charge in [0.25, 0.3) is 0 Å². The van der Waals surface area contributed by atoms with E-state index in [1.165, 1.54) is 5.56 Å². The minimum Gasteiger partial charge on any atom is -0.478 e. The maximum absolute atomic E-state index is 11.4. The molecule has 0 unspecified atom stereocenters. The molecule has 0 saturated carbocycles. The maximum Gasteiger partial charge on any atom is 0.335 e. The number of ether oxygens (including phenoxy) is 1. The lowest BCUT2D eigenvalue weighted by atomic mass is 10.1. The highest BCUT2D eigenvalue weighted by molar-refractivity contribution is 6.31. The van der Waals surface area contributed by atoms with Crippen molar-refractivity contribution in [3.63, 3.8) is 0 Å². The molecule has 0 aliphatic carbocycles. The molecular formula is C28H31ClN4O3. The number of anilines is 1. The highest BCUT2D eigenvalue weighted by Gasteiger charge is 2.13. The molecule has 0 amide bonds.